The van der Waals surface area contributed by atoms with Crippen LogP contribution in [0.3, 0.4) is 0 Å². The van der Waals surface area contributed by atoms with E-state index in [4.69, 9.17) is 4.98 Å². The van der Waals surface area contributed by atoms with E-state index in [1.165, 1.54) is 0 Å². The molecule has 0 radical (unpaired) electrons. The quantitative estimate of drug-likeness (QED) is 0.527. The van der Waals surface area contributed by atoms with Crippen LogP contribution in [0.1, 0.15) is 12.5 Å². The minimum atomic E-state index is -0.0621. The molecule has 0 bridgehead atoms. The van der Waals surface area contributed by atoms with Gasteiger partial charge in [-0.05, 0) is 43.3 Å². The highest BCUT2D eigenvalue weighted by Gasteiger charge is 2.17. The zero-order valence-corrected chi connectivity index (χ0v) is 17.7. The third kappa shape index (κ3) is 3.15. The largest absolute Gasteiger partial charge is 0.368 e. The molecule has 0 atom stereocenters. The summed E-state index contributed by atoms with van der Waals surface area (Å²) < 4.78 is 3.53. The van der Waals surface area contributed by atoms with Gasteiger partial charge in [-0.2, -0.15) is 5.10 Å². The Morgan fingerprint density at radius 1 is 1.07 bits per heavy atom. The number of rotatable bonds is 3. The number of aromatic nitrogens is 4. The number of anilines is 1. The Morgan fingerprint density at radius 3 is 2.63 bits per heavy atom. The number of pyridine rings is 1. The van der Waals surface area contributed by atoms with Crippen molar-refractivity contribution in [1.29, 1.82) is 0 Å². The van der Waals surface area contributed by atoms with E-state index in [1.54, 1.807) is 10.5 Å². The molecule has 4 aromatic rings. The summed E-state index contributed by atoms with van der Waals surface area (Å²) in [4.78, 5) is 22.5. The maximum absolute atomic E-state index is 12.9. The second-order valence-electron chi connectivity index (χ2n) is 8.02. The molecule has 4 heterocycles. The standard InChI is InChI=1S/C23H26N6O/c1-4-27-7-9-28(10-8-27)19-5-6-21-25-20(13-22(30)29(21)15-19)17-11-16(2)23-18(12-17)14-24-26(23)3/h5-6,11-15H,4,7-10H2,1-3H3. The van der Waals surface area contributed by atoms with Crippen molar-refractivity contribution >= 4 is 22.2 Å². The molecular formula is C23H26N6O. The Kier molecular flexibility index (Phi) is 4.55. The van der Waals surface area contributed by atoms with Crippen LogP contribution in [0.25, 0.3) is 27.8 Å². The molecule has 0 aliphatic carbocycles. The molecule has 7 nitrogen and oxygen atoms in total. The lowest BCUT2D eigenvalue weighted by atomic mass is 10.0. The molecule has 1 aromatic carbocycles. The highest BCUT2D eigenvalue weighted by Crippen LogP contribution is 2.26. The van der Waals surface area contributed by atoms with Crippen LogP contribution in [0, 0.1) is 6.92 Å². The molecule has 0 N–H and O–H groups in total. The van der Waals surface area contributed by atoms with Crippen molar-refractivity contribution < 1.29 is 0 Å². The molecule has 30 heavy (non-hydrogen) atoms. The summed E-state index contributed by atoms with van der Waals surface area (Å²) in [6.07, 6.45) is 3.77. The lowest BCUT2D eigenvalue weighted by molar-refractivity contribution is 0.271. The summed E-state index contributed by atoms with van der Waals surface area (Å²) in [5.41, 5.74) is 5.52. The Morgan fingerprint density at radius 2 is 1.87 bits per heavy atom. The van der Waals surface area contributed by atoms with E-state index in [0.29, 0.717) is 11.3 Å². The summed E-state index contributed by atoms with van der Waals surface area (Å²) in [5, 5.41) is 5.40. The van der Waals surface area contributed by atoms with Gasteiger partial charge in [-0.3, -0.25) is 13.9 Å². The topological polar surface area (TPSA) is 58.7 Å². The van der Waals surface area contributed by atoms with E-state index < -0.39 is 0 Å². The van der Waals surface area contributed by atoms with E-state index in [2.05, 4.69) is 46.9 Å². The molecule has 1 aliphatic heterocycles. The SMILES string of the molecule is CCN1CCN(c2ccc3nc(-c4cc(C)c5c(cnn5C)c4)cc(=O)n3c2)CC1. The van der Waals surface area contributed by atoms with Crippen molar-refractivity contribution in [3.63, 3.8) is 0 Å². The Bertz CT molecular complexity index is 1300. The smallest absolute Gasteiger partial charge is 0.258 e. The van der Waals surface area contributed by atoms with Crippen LogP contribution in [0.5, 0.6) is 0 Å². The number of hydrogen-bond donors (Lipinski definition) is 0. The summed E-state index contributed by atoms with van der Waals surface area (Å²) in [7, 11) is 1.94. The van der Waals surface area contributed by atoms with Crippen molar-refractivity contribution in [2.75, 3.05) is 37.6 Å². The van der Waals surface area contributed by atoms with Crippen LogP contribution < -0.4 is 10.5 Å². The van der Waals surface area contributed by atoms with Gasteiger partial charge in [0.05, 0.1) is 23.1 Å². The molecular weight excluding hydrogens is 376 g/mol. The van der Waals surface area contributed by atoms with Gasteiger partial charge >= 0.3 is 0 Å². The number of fused-ring (bicyclic) bond motifs is 2. The Balaban J connectivity index is 1.53. The van der Waals surface area contributed by atoms with Gasteiger partial charge in [-0.15, -0.1) is 0 Å². The molecule has 1 fully saturated rings. The fourth-order valence-corrected chi connectivity index (χ4v) is 4.45. The first kappa shape index (κ1) is 18.8. The maximum Gasteiger partial charge on any atom is 0.258 e. The third-order valence-electron chi connectivity index (χ3n) is 6.15. The molecule has 5 rings (SSSR count). The molecule has 0 saturated carbocycles. The predicted octanol–water partition coefficient (Wildman–Crippen LogP) is 2.70. The van der Waals surface area contributed by atoms with Crippen molar-refractivity contribution in [3.8, 4) is 11.3 Å². The van der Waals surface area contributed by atoms with E-state index >= 15 is 0 Å². The predicted molar refractivity (Wildman–Crippen MR) is 120 cm³/mol. The Labute approximate surface area is 175 Å². The number of nitrogens with zero attached hydrogens (tertiary/aromatic N) is 6. The van der Waals surface area contributed by atoms with Crippen molar-refractivity contribution in [3.05, 3.63) is 58.6 Å². The summed E-state index contributed by atoms with van der Waals surface area (Å²) in [5.74, 6) is 0. The van der Waals surface area contributed by atoms with Gasteiger partial charge in [-0.25, -0.2) is 4.98 Å². The molecule has 1 aliphatic rings. The molecule has 0 unspecified atom stereocenters. The second-order valence-corrected chi connectivity index (χ2v) is 8.02. The van der Waals surface area contributed by atoms with E-state index in [0.717, 1.165) is 60.4 Å². The first-order chi connectivity index (χ1) is 14.5. The summed E-state index contributed by atoms with van der Waals surface area (Å²) in [6.45, 7) is 9.40. The average Bonchev–Trinajstić information content (AvgIpc) is 3.15. The van der Waals surface area contributed by atoms with E-state index in [9.17, 15) is 4.79 Å². The molecule has 7 heteroatoms. The number of aryl methyl sites for hydroxylation is 2. The van der Waals surface area contributed by atoms with Gasteiger partial charge < -0.3 is 9.80 Å². The third-order valence-corrected chi connectivity index (χ3v) is 6.15. The number of benzene rings is 1. The van der Waals surface area contributed by atoms with Crippen LogP contribution in [-0.2, 0) is 7.05 Å². The van der Waals surface area contributed by atoms with Crippen LogP contribution in [0.2, 0.25) is 0 Å². The van der Waals surface area contributed by atoms with Crippen molar-refractivity contribution in [2.45, 2.75) is 13.8 Å². The van der Waals surface area contributed by atoms with Crippen molar-refractivity contribution in [2.24, 2.45) is 7.05 Å². The molecule has 3 aromatic heterocycles. The van der Waals surface area contributed by atoms with Gasteiger partial charge in [0.2, 0.25) is 0 Å². The lowest BCUT2D eigenvalue weighted by Crippen LogP contribution is -2.46. The average molecular weight is 403 g/mol. The number of likely N-dealkylation sites (N-methyl/N-ethyl adjacent to an activating group) is 1. The van der Waals surface area contributed by atoms with Gasteiger partial charge in [0.1, 0.15) is 5.65 Å². The molecule has 154 valence electrons. The second kappa shape index (κ2) is 7.25. The molecule has 0 spiro atoms. The minimum Gasteiger partial charge on any atom is -0.368 e. The molecule has 1 saturated heterocycles. The summed E-state index contributed by atoms with van der Waals surface area (Å²) in [6, 6.07) is 9.77. The minimum absolute atomic E-state index is 0.0621. The van der Waals surface area contributed by atoms with Crippen molar-refractivity contribution in [1.82, 2.24) is 24.1 Å². The van der Waals surface area contributed by atoms with Crippen LogP contribution >= 0.6 is 0 Å². The van der Waals surface area contributed by atoms with E-state index in [1.807, 2.05) is 30.2 Å². The first-order valence-electron chi connectivity index (χ1n) is 10.5. The maximum atomic E-state index is 12.9. The molecule has 0 amide bonds. The number of piperazine rings is 1. The highest BCUT2D eigenvalue weighted by molar-refractivity contribution is 5.87. The van der Waals surface area contributed by atoms with Gasteiger partial charge in [-0.1, -0.05) is 6.92 Å². The summed E-state index contributed by atoms with van der Waals surface area (Å²) >= 11 is 0. The fourth-order valence-electron chi connectivity index (χ4n) is 4.45. The monoisotopic (exact) mass is 402 g/mol. The fraction of sp³-hybridized carbons (Fsp3) is 0.348. The lowest BCUT2D eigenvalue weighted by Gasteiger charge is -2.35. The zero-order chi connectivity index (χ0) is 20.8. The van der Waals surface area contributed by atoms with Gasteiger partial charge in [0, 0.05) is 56.4 Å². The van der Waals surface area contributed by atoms with Crippen LogP contribution in [0.4, 0.5) is 5.69 Å². The first-order valence-corrected chi connectivity index (χ1v) is 10.5. The number of hydrogen-bond acceptors (Lipinski definition) is 5. The highest BCUT2D eigenvalue weighted by atomic mass is 16.1. The Hall–Kier alpha value is -3.19. The van der Waals surface area contributed by atoms with Gasteiger partial charge in [0.15, 0.2) is 0 Å². The zero-order valence-electron chi connectivity index (χ0n) is 17.7. The van der Waals surface area contributed by atoms with E-state index in [-0.39, 0.29) is 5.56 Å². The van der Waals surface area contributed by atoms with Crippen LogP contribution in [0.15, 0.2) is 47.5 Å². The normalized spacial score (nSPS) is 15.4. The van der Waals surface area contributed by atoms with Crippen LogP contribution in [-0.4, -0.2) is 56.8 Å². The van der Waals surface area contributed by atoms with Gasteiger partial charge in [0.25, 0.3) is 5.56 Å².